The van der Waals surface area contributed by atoms with Crippen molar-refractivity contribution in [3.8, 4) is 17.1 Å². The van der Waals surface area contributed by atoms with E-state index >= 15 is 0 Å². The summed E-state index contributed by atoms with van der Waals surface area (Å²) in [7, 11) is 3.76. The van der Waals surface area contributed by atoms with Gasteiger partial charge in [0.15, 0.2) is 10.8 Å². The quantitative estimate of drug-likeness (QED) is 0.233. The minimum atomic E-state index is -0.690. The summed E-state index contributed by atoms with van der Waals surface area (Å²) in [6.07, 6.45) is 1.32. The Balaban J connectivity index is 1.29. The third-order valence-electron chi connectivity index (χ3n) is 6.70. The minimum absolute atomic E-state index is 0.138. The van der Waals surface area contributed by atoms with E-state index in [4.69, 9.17) is 19.4 Å². The Hall–Kier alpha value is -4.22. The smallest absolute Gasteiger partial charge is 0.228 e. The van der Waals surface area contributed by atoms with Crippen LogP contribution in [0.5, 0.6) is 5.88 Å². The highest BCUT2D eigenvalue weighted by molar-refractivity contribution is 7.22. The maximum atomic E-state index is 15.0. The summed E-state index contributed by atoms with van der Waals surface area (Å²) < 4.78 is 41.4. The Labute approximate surface area is 240 Å². The second-order valence-corrected chi connectivity index (χ2v) is 11.1. The predicted molar refractivity (Wildman–Crippen MR) is 155 cm³/mol. The molecule has 3 aromatic heterocycles. The molecule has 210 valence electrons. The fraction of sp³-hybridized carbons (Fsp3) is 0.267. The van der Waals surface area contributed by atoms with Crippen molar-refractivity contribution >= 4 is 32.8 Å². The van der Waals surface area contributed by atoms with Gasteiger partial charge in [0.05, 0.1) is 18.3 Å². The monoisotopic (exact) mass is 574 g/mol. The zero-order valence-electron chi connectivity index (χ0n) is 22.8. The zero-order valence-corrected chi connectivity index (χ0v) is 23.6. The van der Waals surface area contributed by atoms with Crippen LogP contribution < -0.4 is 14.5 Å². The molecule has 0 unspecified atom stereocenters. The van der Waals surface area contributed by atoms with E-state index < -0.39 is 11.6 Å². The number of hydrogen-bond acceptors (Lipinski definition) is 9. The van der Waals surface area contributed by atoms with E-state index in [1.165, 1.54) is 23.5 Å². The van der Waals surface area contributed by atoms with Crippen LogP contribution in [0.4, 0.5) is 19.9 Å². The number of anilines is 2. The number of rotatable bonds is 7. The van der Waals surface area contributed by atoms with Crippen molar-refractivity contribution in [2.75, 3.05) is 37.0 Å². The normalized spacial score (nSPS) is 17.1. The molecular weight excluding hydrogens is 546 g/mol. The minimum Gasteiger partial charge on any atom is -0.473 e. The van der Waals surface area contributed by atoms with Crippen LogP contribution in [-0.4, -0.2) is 53.2 Å². The maximum absolute atomic E-state index is 15.0. The Morgan fingerprint density at radius 3 is 2.59 bits per heavy atom. The highest BCUT2D eigenvalue weighted by Crippen LogP contribution is 2.37. The highest BCUT2D eigenvalue weighted by Gasteiger charge is 2.30. The molecule has 0 aliphatic carbocycles. The summed E-state index contributed by atoms with van der Waals surface area (Å²) in [5.74, 6) is -0.407. The molecule has 0 saturated carbocycles. The molecule has 0 amide bonds. The molecule has 0 spiro atoms. The van der Waals surface area contributed by atoms with Gasteiger partial charge in [0, 0.05) is 50.1 Å². The Morgan fingerprint density at radius 1 is 1.02 bits per heavy atom. The number of halogens is 2. The number of pyridine rings is 1. The van der Waals surface area contributed by atoms with Gasteiger partial charge in [-0.3, -0.25) is 0 Å². The topological polar surface area (TPSA) is 76.5 Å². The Kier molecular flexibility index (Phi) is 7.46. The molecule has 2 aromatic carbocycles. The van der Waals surface area contributed by atoms with Crippen LogP contribution in [0.1, 0.15) is 24.2 Å². The highest BCUT2D eigenvalue weighted by atomic mass is 32.1. The molecule has 11 heteroatoms. The van der Waals surface area contributed by atoms with Crippen LogP contribution in [0.3, 0.4) is 0 Å². The van der Waals surface area contributed by atoms with Gasteiger partial charge in [-0.25, -0.2) is 18.7 Å². The van der Waals surface area contributed by atoms with Gasteiger partial charge in [0.25, 0.3) is 0 Å². The number of hydrogen-bond donors (Lipinski definition) is 0. The van der Waals surface area contributed by atoms with Crippen molar-refractivity contribution in [3.63, 3.8) is 0 Å². The van der Waals surface area contributed by atoms with Crippen LogP contribution in [0.2, 0.25) is 0 Å². The van der Waals surface area contributed by atoms with E-state index in [1.807, 2.05) is 73.3 Å². The first-order valence-corrected chi connectivity index (χ1v) is 14.0. The van der Waals surface area contributed by atoms with Gasteiger partial charge in [-0.2, -0.15) is 9.97 Å². The summed E-state index contributed by atoms with van der Waals surface area (Å²) in [6, 6.07) is 17.2. The number of benzene rings is 2. The lowest BCUT2D eigenvalue weighted by molar-refractivity contribution is -0.0180. The van der Waals surface area contributed by atoms with Crippen molar-refractivity contribution in [3.05, 3.63) is 89.6 Å². The average Bonchev–Trinajstić information content (AvgIpc) is 3.41. The van der Waals surface area contributed by atoms with E-state index in [-0.39, 0.29) is 17.8 Å². The number of thiazole rings is 1. The second kappa shape index (κ2) is 11.3. The van der Waals surface area contributed by atoms with Crippen LogP contribution >= 0.6 is 11.3 Å². The predicted octanol–water partition coefficient (Wildman–Crippen LogP) is 6.04. The molecule has 1 saturated heterocycles. The van der Waals surface area contributed by atoms with Crippen LogP contribution in [0.25, 0.3) is 21.6 Å². The van der Waals surface area contributed by atoms with E-state index in [2.05, 4.69) is 9.97 Å². The second-order valence-electron chi connectivity index (χ2n) is 10.1. The summed E-state index contributed by atoms with van der Waals surface area (Å²) in [5, 5.41) is 0.712. The van der Waals surface area contributed by atoms with Gasteiger partial charge in [-0.15, -0.1) is 0 Å². The Bertz CT molecular complexity index is 1670. The molecule has 1 aliphatic heterocycles. The number of ether oxygens (including phenoxy) is 2. The fourth-order valence-electron chi connectivity index (χ4n) is 4.70. The molecule has 5 aromatic rings. The van der Waals surface area contributed by atoms with E-state index in [9.17, 15) is 8.78 Å². The molecule has 0 radical (unpaired) electrons. The third kappa shape index (κ3) is 5.82. The standard InChI is InChI=1S/C30H28F2N6O2S/c1-18-15-38(16-24(40-18)20-9-12-25(33-14-20)39-17-19-7-5-4-6-8-19)29-34-26(22-11-10-21(31)13-23(22)32)27-28(35-29)36-30(41-27)37(2)3/h4-14,18,24H,15-17H2,1-3H3/t18-,24-/m1/s1. The maximum Gasteiger partial charge on any atom is 0.228 e. The SMILES string of the molecule is C[C@@H]1CN(c2nc(-c3ccc(F)cc3F)c3sc(N(C)C)nc3n2)C[C@H](c2ccc(OCc3ccccc3)nc2)O1. The lowest BCUT2D eigenvalue weighted by atomic mass is 10.1. The van der Waals surface area contributed by atoms with Crippen molar-refractivity contribution in [2.24, 2.45) is 0 Å². The largest absolute Gasteiger partial charge is 0.473 e. The molecule has 0 N–H and O–H groups in total. The van der Waals surface area contributed by atoms with E-state index in [0.29, 0.717) is 52.7 Å². The van der Waals surface area contributed by atoms with Crippen molar-refractivity contribution < 1.29 is 18.3 Å². The van der Waals surface area contributed by atoms with Gasteiger partial charge in [-0.1, -0.05) is 41.7 Å². The lowest BCUT2D eigenvalue weighted by Crippen LogP contribution is -2.43. The third-order valence-corrected chi connectivity index (χ3v) is 7.92. The van der Waals surface area contributed by atoms with Gasteiger partial charge in [-0.05, 0) is 30.7 Å². The van der Waals surface area contributed by atoms with Gasteiger partial charge >= 0.3 is 0 Å². The average molecular weight is 575 g/mol. The summed E-state index contributed by atoms with van der Waals surface area (Å²) in [6.45, 7) is 3.40. The van der Waals surface area contributed by atoms with Crippen LogP contribution in [0, 0.1) is 11.6 Å². The van der Waals surface area contributed by atoms with E-state index in [1.54, 1.807) is 6.20 Å². The first kappa shape index (κ1) is 27.0. The molecule has 0 bridgehead atoms. The summed E-state index contributed by atoms with van der Waals surface area (Å²) in [5.41, 5.74) is 2.99. The van der Waals surface area contributed by atoms with Crippen LogP contribution in [0.15, 0.2) is 66.9 Å². The fourth-order valence-corrected chi connectivity index (χ4v) is 5.63. The number of nitrogens with zero attached hydrogens (tertiary/aromatic N) is 6. The van der Waals surface area contributed by atoms with E-state index in [0.717, 1.165) is 17.2 Å². The number of morpholine rings is 1. The van der Waals surface area contributed by atoms with Gasteiger partial charge < -0.3 is 19.3 Å². The Morgan fingerprint density at radius 2 is 1.85 bits per heavy atom. The molecular formula is C30H28F2N6O2S. The molecule has 8 nitrogen and oxygen atoms in total. The molecule has 4 heterocycles. The van der Waals surface area contributed by atoms with Gasteiger partial charge in [0.2, 0.25) is 11.8 Å². The van der Waals surface area contributed by atoms with Crippen LogP contribution in [-0.2, 0) is 11.3 Å². The van der Waals surface area contributed by atoms with Crippen molar-refractivity contribution in [2.45, 2.75) is 25.7 Å². The first-order chi connectivity index (χ1) is 19.8. The molecule has 2 atom stereocenters. The number of fused-ring (bicyclic) bond motifs is 1. The van der Waals surface area contributed by atoms with Crippen molar-refractivity contribution in [1.82, 2.24) is 19.9 Å². The first-order valence-electron chi connectivity index (χ1n) is 13.2. The number of aromatic nitrogens is 4. The van der Waals surface area contributed by atoms with Gasteiger partial charge in [0.1, 0.15) is 29.0 Å². The summed E-state index contributed by atoms with van der Waals surface area (Å²) in [4.78, 5) is 22.6. The lowest BCUT2D eigenvalue weighted by Gasteiger charge is -2.37. The zero-order chi connectivity index (χ0) is 28.5. The molecule has 1 aliphatic rings. The molecule has 41 heavy (non-hydrogen) atoms. The molecule has 1 fully saturated rings. The molecule has 6 rings (SSSR count). The summed E-state index contributed by atoms with van der Waals surface area (Å²) >= 11 is 1.36. The van der Waals surface area contributed by atoms with Crippen molar-refractivity contribution in [1.29, 1.82) is 0 Å².